The number of halogens is 1. The van der Waals surface area contributed by atoms with Crippen LogP contribution in [0.4, 0.5) is 0 Å². The molecule has 0 saturated heterocycles. The van der Waals surface area contributed by atoms with Crippen molar-refractivity contribution in [1.29, 1.82) is 0 Å². The van der Waals surface area contributed by atoms with Gasteiger partial charge in [0.05, 0.1) is 0 Å². The first kappa shape index (κ1) is 40.2. The first-order valence-electron chi connectivity index (χ1n) is 16.7. The number of carbonyl (C=O) groups is 1. The number of hydrogen-bond donors (Lipinski definition) is 1. The van der Waals surface area contributed by atoms with Crippen molar-refractivity contribution < 1.29 is 31.7 Å². The summed E-state index contributed by atoms with van der Waals surface area (Å²) in [5, 5.41) is 10.5. The summed E-state index contributed by atoms with van der Waals surface area (Å²) in [7, 11) is 5.60. The van der Waals surface area contributed by atoms with Crippen LogP contribution in [0.2, 0.25) is 0 Å². The fourth-order valence-corrected chi connectivity index (χ4v) is 7.96. The van der Waals surface area contributed by atoms with Gasteiger partial charge in [-0.3, -0.25) is 4.79 Å². The molecule has 50 heavy (non-hydrogen) atoms. The van der Waals surface area contributed by atoms with Crippen LogP contribution in [0.3, 0.4) is 0 Å². The number of ketones is 1. The molecule has 259 valence electrons. The van der Waals surface area contributed by atoms with Gasteiger partial charge in [-0.25, -0.2) is 0 Å². The van der Waals surface area contributed by atoms with Crippen LogP contribution in [0.1, 0.15) is 40.2 Å². The van der Waals surface area contributed by atoms with Crippen LogP contribution >= 0.6 is 9.42 Å². The maximum Gasteiger partial charge on any atom is 0.153 e. The van der Waals surface area contributed by atoms with Crippen molar-refractivity contribution in [2.75, 3.05) is 13.2 Å². The van der Waals surface area contributed by atoms with Gasteiger partial charge in [-0.05, 0) is 30.5 Å². The van der Waals surface area contributed by atoms with Gasteiger partial charge in [-0.15, -0.1) is 36.3 Å². The molecule has 0 unspecified atom stereocenters. The molecule has 6 rings (SSSR count). The van der Waals surface area contributed by atoms with E-state index in [9.17, 15) is 9.90 Å². The third-order valence-corrected chi connectivity index (χ3v) is 10.8. The monoisotopic (exact) mass is 854 g/mol. The van der Waals surface area contributed by atoms with Crippen LogP contribution in [0.5, 0.6) is 5.75 Å². The van der Waals surface area contributed by atoms with Crippen molar-refractivity contribution in [2.24, 2.45) is 5.41 Å². The minimum atomic E-state index is -0.543. The quantitative estimate of drug-likeness (QED) is 0.161. The van der Waals surface area contributed by atoms with E-state index in [4.69, 9.17) is 14.2 Å². The first-order chi connectivity index (χ1) is 24.2. The molecular weight excluding hydrogens is 808 g/mol. The maximum atomic E-state index is 12.6. The van der Waals surface area contributed by atoms with Crippen LogP contribution in [-0.4, -0.2) is 28.5 Å². The molecule has 0 amide bonds. The molecule has 0 radical (unpaired) electrons. The van der Waals surface area contributed by atoms with Crippen LogP contribution in [0, 0.1) is 11.8 Å². The van der Waals surface area contributed by atoms with E-state index < -0.39 is 17.1 Å². The van der Waals surface area contributed by atoms with E-state index in [0.717, 1.165) is 57.8 Å². The number of phenolic OH excluding ortho intramolecular Hbond substituents is 1. The van der Waals surface area contributed by atoms with E-state index >= 15 is 0 Å². The third kappa shape index (κ3) is 13.2. The van der Waals surface area contributed by atoms with Crippen LogP contribution < -0.4 is 0 Å². The average molecular weight is 855 g/mol. The van der Waals surface area contributed by atoms with Gasteiger partial charge in [0, 0.05) is 29.9 Å². The number of rotatable bonds is 5. The molecule has 0 spiro atoms. The summed E-state index contributed by atoms with van der Waals surface area (Å²) in [6.45, 7) is 12.2. The van der Waals surface area contributed by atoms with Crippen molar-refractivity contribution in [1.82, 2.24) is 0 Å². The molecule has 3 nitrogen and oxygen atoms in total. The van der Waals surface area contributed by atoms with Gasteiger partial charge in [0.1, 0.15) is 5.75 Å². The van der Waals surface area contributed by atoms with Gasteiger partial charge in [-0.1, -0.05) is 133 Å². The zero-order valence-electron chi connectivity index (χ0n) is 29.6. The molecule has 4 aromatic carbocycles. The first-order valence-corrected chi connectivity index (χ1v) is 22.1. The molecule has 2 aliphatic rings. The van der Waals surface area contributed by atoms with Crippen LogP contribution in [0.15, 0.2) is 163 Å². The van der Waals surface area contributed by atoms with Gasteiger partial charge in [0.25, 0.3) is 0 Å². The van der Waals surface area contributed by atoms with Crippen molar-refractivity contribution in [3.8, 4) is 28.0 Å². The van der Waals surface area contributed by atoms with E-state index in [1.165, 1.54) is 0 Å². The summed E-state index contributed by atoms with van der Waals surface area (Å²) in [5.74, 6) is 0.416. The number of Topliss-reactive ketones (excluding diaryl/α,β-unsaturated/α-hetero) is 1. The molecule has 4 aromatic rings. The van der Waals surface area contributed by atoms with Gasteiger partial charge < -0.3 is 9.84 Å². The minimum absolute atomic E-state index is 0.0832. The number of hydrogen-bond acceptors (Lipinski definition) is 3. The zero-order chi connectivity index (χ0) is 36.2. The molecular formula is C45H47ClO3W-. The summed E-state index contributed by atoms with van der Waals surface area (Å²) >= 11 is -0.543. The Morgan fingerprint density at radius 2 is 1.24 bits per heavy atom. The van der Waals surface area contributed by atoms with Gasteiger partial charge in [0.15, 0.2) is 5.78 Å². The number of para-hydroxylation sites is 1. The van der Waals surface area contributed by atoms with Crippen LogP contribution in [-0.2, 0) is 26.6 Å². The molecule has 5 heteroatoms. The number of benzene rings is 4. The van der Waals surface area contributed by atoms with Crippen molar-refractivity contribution in [3.63, 3.8) is 0 Å². The Morgan fingerprint density at radius 3 is 1.64 bits per heavy atom. The Kier molecular flexibility index (Phi) is 17.5. The Balaban J connectivity index is 0.000000206. The van der Waals surface area contributed by atoms with Crippen molar-refractivity contribution in [3.05, 3.63) is 175 Å². The standard InChI is InChI=1S/C18H14O.C18H13O.C5H10.C4H10O.ClH.W/c2*19-18-16(14-8-3-1-4-9-14)12-7-13-17(18)15-10-5-2-6-11-15;1-5(2,3)4;1-3-5-4-2;;/h1-13,19H;1-13H;1H,2-4H3;3-4H2,1-2H3;1H;/q;-1;;;;+1/p-1. The number of carbonyl (C=O) groups excluding carboxylic acids is 1. The second-order valence-corrected chi connectivity index (χ2v) is 15.1. The molecule has 0 aromatic heterocycles. The molecule has 0 aliphatic heterocycles. The molecule has 0 atom stereocenters. The summed E-state index contributed by atoms with van der Waals surface area (Å²) in [4.78, 5) is 12.6. The minimum Gasteiger partial charge on any atom is -0.507 e. The topological polar surface area (TPSA) is 46.5 Å². The Labute approximate surface area is 311 Å². The number of phenols is 1. The number of ether oxygens (including phenoxy) is 1. The van der Waals surface area contributed by atoms with E-state index in [1.807, 2.05) is 172 Å². The van der Waals surface area contributed by atoms with Gasteiger partial charge in [0.2, 0.25) is 0 Å². The predicted molar refractivity (Wildman–Crippen MR) is 211 cm³/mol. The Hall–Kier alpha value is -4.27. The van der Waals surface area contributed by atoms with Gasteiger partial charge >= 0.3 is 57.1 Å². The van der Waals surface area contributed by atoms with Crippen molar-refractivity contribution in [2.45, 2.75) is 34.6 Å². The van der Waals surface area contributed by atoms with E-state index in [0.29, 0.717) is 11.2 Å². The molecule has 2 aliphatic carbocycles. The Morgan fingerprint density at radius 1 is 0.720 bits per heavy atom. The van der Waals surface area contributed by atoms with E-state index in [1.54, 1.807) is 0 Å². The Bertz CT molecular complexity index is 1750. The van der Waals surface area contributed by atoms with Crippen LogP contribution in [0.25, 0.3) is 27.8 Å². The smallest absolute Gasteiger partial charge is 0.153 e. The number of allylic oxidation sites excluding steroid dienone is 10. The summed E-state index contributed by atoms with van der Waals surface area (Å²) in [6.07, 6.45) is 15.5. The molecule has 0 heterocycles. The van der Waals surface area contributed by atoms with Gasteiger partial charge in [-0.2, -0.15) is 0 Å². The van der Waals surface area contributed by atoms with E-state index in [-0.39, 0.29) is 5.78 Å². The SMILES string of the molecule is CC(C)(C)[CH]=[W][Cl].CCOCC.O=C1C(c2ccccc2)=CC=C/C1=C1\C=CC=C[CH-]1.Oc1c(-c2ccccc2)cccc1-c1ccccc1. The molecule has 0 fully saturated rings. The molecule has 0 bridgehead atoms. The summed E-state index contributed by atoms with van der Waals surface area (Å²) in [5.41, 5.74) is 7.57. The third-order valence-electron chi connectivity index (χ3n) is 7.20. The fourth-order valence-electron chi connectivity index (χ4n) is 4.81. The molecule has 0 saturated carbocycles. The summed E-state index contributed by atoms with van der Waals surface area (Å²) < 4.78 is 7.08. The zero-order valence-corrected chi connectivity index (χ0v) is 33.2. The second-order valence-electron chi connectivity index (χ2n) is 12.2. The number of aromatic hydroxyl groups is 1. The largest absolute Gasteiger partial charge is 0.507 e. The van der Waals surface area contributed by atoms with E-state index in [2.05, 4.69) is 25.2 Å². The average Bonchev–Trinajstić information content (AvgIpc) is 3.14. The second kappa shape index (κ2) is 21.7. The fraction of sp³-hybridized carbons (Fsp3) is 0.178. The maximum absolute atomic E-state index is 12.6. The predicted octanol–water partition coefficient (Wildman–Crippen LogP) is 11.7. The van der Waals surface area contributed by atoms with Crippen molar-refractivity contribution >= 4 is 25.2 Å². The normalized spacial score (nSPS) is 14.7. The summed E-state index contributed by atoms with van der Waals surface area (Å²) in [6, 6.07) is 35.5. The molecule has 1 N–H and O–H groups in total.